The van der Waals surface area contributed by atoms with Gasteiger partial charge in [0.15, 0.2) is 0 Å². The van der Waals surface area contributed by atoms with Gasteiger partial charge in [0.2, 0.25) is 11.8 Å². The number of halogens is 3. The Morgan fingerprint density at radius 3 is 2.40 bits per heavy atom. The lowest BCUT2D eigenvalue weighted by molar-refractivity contribution is -0.131. The number of carbonyl (C=O) groups is 2. The molecule has 0 atom stereocenters. The molecular weight excluding hydrogens is 567 g/mol. The zero-order chi connectivity index (χ0) is 28.9. The van der Waals surface area contributed by atoms with Crippen molar-refractivity contribution in [2.24, 2.45) is 5.92 Å². The third-order valence-corrected chi connectivity index (χ3v) is 8.61. The number of hydrogen-bond acceptors (Lipinski definition) is 4. The molecule has 40 heavy (non-hydrogen) atoms. The second kappa shape index (κ2) is 11.0. The van der Waals surface area contributed by atoms with Crippen molar-refractivity contribution in [2.45, 2.75) is 26.7 Å². The van der Waals surface area contributed by atoms with E-state index in [0.29, 0.717) is 51.5 Å². The first-order chi connectivity index (χ1) is 19.0. The minimum atomic E-state index is -0.0969. The van der Waals surface area contributed by atoms with Gasteiger partial charge in [-0.15, -0.1) is 0 Å². The predicted octanol–water partition coefficient (Wildman–Crippen LogP) is 7.46. The van der Waals surface area contributed by atoms with Crippen molar-refractivity contribution in [1.82, 2.24) is 4.90 Å². The molecule has 5 rings (SSSR count). The number of anilines is 4. The molecule has 208 valence electrons. The molecule has 2 N–H and O–H groups in total. The molecule has 0 aliphatic carbocycles. The summed E-state index contributed by atoms with van der Waals surface area (Å²) in [4.78, 5) is 31.4. The van der Waals surface area contributed by atoms with Crippen LogP contribution in [0.3, 0.4) is 0 Å². The minimum Gasteiger partial charge on any atom is -0.398 e. The maximum absolute atomic E-state index is 13.8. The molecule has 1 fully saturated rings. The number of hydrogen-bond donors (Lipinski definition) is 1. The van der Waals surface area contributed by atoms with Crippen LogP contribution >= 0.6 is 34.8 Å². The molecule has 2 amide bonds. The van der Waals surface area contributed by atoms with Gasteiger partial charge in [0.25, 0.3) is 0 Å². The number of carbonyl (C=O) groups excluding carboxylic acids is 2. The summed E-state index contributed by atoms with van der Waals surface area (Å²) in [5.74, 6) is 0.268. The van der Waals surface area contributed by atoms with Crippen LogP contribution in [0.1, 0.15) is 30.9 Å². The molecule has 3 aromatic carbocycles. The fourth-order valence-electron chi connectivity index (χ4n) is 5.57. The van der Waals surface area contributed by atoms with Crippen LogP contribution in [-0.2, 0) is 9.59 Å². The van der Waals surface area contributed by atoms with Gasteiger partial charge in [0.1, 0.15) is 6.54 Å². The Morgan fingerprint density at radius 2 is 1.73 bits per heavy atom. The number of nitrogens with zero attached hydrogens (tertiary/aromatic N) is 3. The Labute approximate surface area is 249 Å². The second-order valence-electron chi connectivity index (χ2n) is 10.7. The highest BCUT2D eigenvalue weighted by Crippen LogP contribution is 2.48. The SMILES string of the molecule is C=CC(=O)N1CC(CN2C(=O)CN(c3c(C)cccc3C(C)C)c3cc(-c4cc(N)c(Cl)cc4Cl)c(Cl)cc32)C1. The average molecular weight is 598 g/mol. The van der Waals surface area contributed by atoms with Gasteiger partial charge in [-0.1, -0.05) is 73.4 Å². The van der Waals surface area contributed by atoms with Gasteiger partial charge >= 0.3 is 0 Å². The van der Waals surface area contributed by atoms with Gasteiger partial charge < -0.3 is 20.4 Å². The second-order valence-corrected chi connectivity index (χ2v) is 12.0. The number of rotatable bonds is 6. The first-order valence-electron chi connectivity index (χ1n) is 13.2. The fourth-order valence-corrected chi connectivity index (χ4v) is 6.32. The third-order valence-electron chi connectivity index (χ3n) is 7.66. The monoisotopic (exact) mass is 596 g/mol. The van der Waals surface area contributed by atoms with Crippen molar-refractivity contribution in [3.8, 4) is 11.1 Å². The maximum Gasteiger partial charge on any atom is 0.247 e. The molecular formula is C31H31Cl3N4O2. The van der Waals surface area contributed by atoms with E-state index in [9.17, 15) is 9.59 Å². The lowest BCUT2D eigenvalue weighted by Gasteiger charge is -2.44. The molecule has 0 aromatic heterocycles. The molecule has 2 heterocycles. The van der Waals surface area contributed by atoms with Crippen molar-refractivity contribution in [3.05, 3.63) is 81.3 Å². The molecule has 6 nitrogen and oxygen atoms in total. The van der Waals surface area contributed by atoms with Crippen LogP contribution in [0, 0.1) is 12.8 Å². The van der Waals surface area contributed by atoms with Crippen LogP contribution in [0.4, 0.5) is 22.7 Å². The predicted molar refractivity (Wildman–Crippen MR) is 166 cm³/mol. The van der Waals surface area contributed by atoms with Crippen molar-refractivity contribution in [2.75, 3.05) is 41.7 Å². The molecule has 3 aromatic rings. The van der Waals surface area contributed by atoms with Crippen LogP contribution in [0.25, 0.3) is 11.1 Å². The standard InChI is InChI=1S/C31H31Cl3N4O2/c1-5-29(39)36-13-19(14-36)15-37-28-12-24(33)22(21-9-26(35)25(34)11-23(21)32)10-27(28)38(16-30(37)40)31-18(4)7-6-8-20(31)17(2)3/h5-12,17,19H,1,13-16,35H2,2-4H3. The van der Waals surface area contributed by atoms with E-state index in [-0.39, 0.29) is 30.2 Å². The number of benzene rings is 3. The molecule has 0 spiro atoms. The van der Waals surface area contributed by atoms with E-state index in [1.54, 1.807) is 21.9 Å². The molecule has 0 bridgehead atoms. The summed E-state index contributed by atoms with van der Waals surface area (Å²) in [6.07, 6.45) is 1.32. The van der Waals surface area contributed by atoms with Gasteiger partial charge in [0.05, 0.1) is 32.1 Å². The van der Waals surface area contributed by atoms with Gasteiger partial charge in [-0.05, 0) is 54.3 Å². The zero-order valence-corrected chi connectivity index (χ0v) is 24.9. The van der Waals surface area contributed by atoms with Crippen molar-refractivity contribution < 1.29 is 9.59 Å². The van der Waals surface area contributed by atoms with Crippen LogP contribution in [0.15, 0.2) is 55.1 Å². The number of aryl methyl sites for hydroxylation is 1. The quantitative estimate of drug-likeness (QED) is 0.237. The topological polar surface area (TPSA) is 69.9 Å². The number of fused-ring (bicyclic) bond motifs is 1. The van der Waals surface area contributed by atoms with Crippen LogP contribution < -0.4 is 15.5 Å². The summed E-state index contributed by atoms with van der Waals surface area (Å²) >= 11 is 19.7. The molecule has 1 saturated heterocycles. The van der Waals surface area contributed by atoms with E-state index in [4.69, 9.17) is 40.5 Å². The van der Waals surface area contributed by atoms with Crippen molar-refractivity contribution >= 4 is 69.4 Å². The van der Waals surface area contributed by atoms with Crippen molar-refractivity contribution in [1.29, 1.82) is 0 Å². The molecule has 2 aliphatic rings. The Balaban J connectivity index is 1.65. The smallest absolute Gasteiger partial charge is 0.247 e. The fraction of sp³-hybridized carbons (Fsp3) is 0.290. The number of nitrogens with two attached hydrogens (primary N) is 1. The summed E-state index contributed by atoms with van der Waals surface area (Å²) in [5.41, 5.74) is 12.7. The molecule has 2 aliphatic heterocycles. The van der Waals surface area contributed by atoms with Gasteiger partial charge in [-0.2, -0.15) is 0 Å². The van der Waals surface area contributed by atoms with Crippen LogP contribution in [0.2, 0.25) is 15.1 Å². The van der Waals surface area contributed by atoms with Gasteiger partial charge in [0, 0.05) is 42.4 Å². The Morgan fingerprint density at radius 1 is 1.05 bits per heavy atom. The number of likely N-dealkylation sites (tertiary alicyclic amines) is 1. The Kier molecular flexibility index (Phi) is 7.79. The molecule has 0 unspecified atom stereocenters. The molecule has 0 radical (unpaired) electrons. The van der Waals surface area contributed by atoms with E-state index in [1.165, 1.54) is 6.08 Å². The largest absolute Gasteiger partial charge is 0.398 e. The van der Waals surface area contributed by atoms with E-state index < -0.39 is 0 Å². The first kappa shape index (κ1) is 28.3. The average Bonchev–Trinajstić information content (AvgIpc) is 2.88. The summed E-state index contributed by atoms with van der Waals surface area (Å²) in [6.45, 7) is 11.7. The summed E-state index contributed by atoms with van der Waals surface area (Å²) in [7, 11) is 0. The Hall–Kier alpha value is -3.19. The maximum atomic E-state index is 13.8. The van der Waals surface area contributed by atoms with Gasteiger partial charge in [-0.25, -0.2) is 0 Å². The lowest BCUT2D eigenvalue weighted by Crippen LogP contribution is -2.56. The number of para-hydroxylation sites is 1. The minimum absolute atomic E-state index is 0.0310. The molecule has 0 saturated carbocycles. The third kappa shape index (κ3) is 5.05. The summed E-state index contributed by atoms with van der Waals surface area (Å²) in [5, 5.41) is 1.23. The highest BCUT2D eigenvalue weighted by Gasteiger charge is 2.37. The highest BCUT2D eigenvalue weighted by molar-refractivity contribution is 6.39. The van der Waals surface area contributed by atoms with Crippen LogP contribution in [0.5, 0.6) is 0 Å². The van der Waals surface area contributed by atoms with Crippen LogP contribution in [-0.4, -0.2) is 42.9 Å². The van der Waals surface area contributed by atoms with E-state index in [0.717, 1.165) is 28.2 Å². The van der Waals surface area contributed by atoms with E-state index >= 15 is 0 Å². The van der Waals surface area contributed by atoms with Gasteiger partial charge in [-0.3, -0.25) is 9.59 Å². The summed E-state index contributed by atoms with van der Waals surface area (Å²) in [6, 6.07) is 13.4. The number of nitrogen functional groups attached to an aromatic ring is 1. The molecule has 9 heteroatoms. The lowest BCUT2D eigenvalue weighted by atomic mass is 9.94. The highest BCUT2D eigenvalue weighted by atomic mass is 35.5. The van der Waals surface area contributed by atoms with E-state index in [2.05, 4.69) is 44.4 Å². The summed E-state index contributed by atoms with van der Waals surface area (Å²) < 4.78 is 0. The van der Waals surface area contributed by atoms with Crippen molar-refractivity contribution in [3.63, 3.8) is 0 Å². The zero-order valence-electron chi connectivity index (χ0n) is 22.7. The van der Waals surface area contributed by atoms with E-state index in [1.807, 2.05) is 18.2 Å². The number of amides is 2. The normalized spacial score (nSPS) is 15.4. The Bertz CT molecular complexity index is 1530. The first-order valence-corrected chi connectivity index (χ1v) is 14.3.